The number of aliphatic hydroxyl groups is 1. The number of rotatable bonds is 1. The van der Waals surface area contributed by atoms with Gasteiger partial charge in [0.05, 0.1) is 17.3 Å². The Morgan fingerprint density at radius 3 is 2.33 bits per heavy atom. The molecule has 4 nitrogen and oxygen atoms in total. The van der Waals surface area contributed by atoms with Gasteiger partial charge >= 0.3 is 6.18 Å². The second-order valence-corrected chi connectivity index (χ2v) is 4.40. The first-order valence-electron chi connectivity index (χ1n) is 5.85. The number of hydrogen-bond acceptors (Lipinski definition) is 4. The zero-order valence-electron chi connectivity index (χ0n) is 10.3. The van der Waals surface area contributed by atoms with E-state index in [1.54, 1.807) is 12.1 Å². The van der Waals surface area contributed by atoms with E-state index in [1.165, 1.54) is 12.1 Å². The highest BCUT2D eigenvalue weighted by Crippen LogP contribution is 2.31. The molecule has 1 N–H and O–H groups in total. The first-order chi connectivity index (χ1) is 9.95. The summed E-state index contributed by atoms with van der Waals surface area (Å²) in [6, 6.07) is 6.06. The second kappa shape index (κ2) is 4.41. The average molecular weight is 292 g/mol. The van der Waals surface area contributed by atoms with E-state index in [0.29, 0.717) is 23.3 Å². The number of aldehydes is 1. The van der Waals surface area contributed by atoms with Gasteiger partial charge in [0, 0.05) is 16.2 Å². The number of carbonyl (C=O) groups excluding carboxylic acids is 1. The highest BCUT2D eigenvalue weighted by atomic mass is 19.4. The summed E-state index contributed by atoms with van der Waals surface area (Å²) in [4.78, 5) is 18.0. The van der Waals surface area contributed by atoms with Gasteiger partial charge in [0.15, 0.2) is 6.29 Å². The predicted octanol–water partition coefficient (Wildman–Crippen LogP) is 2.63. The Balaban J connectivity index is 2.63. The van der Waals surface area contributed by atoms with Crippen molar-refractivity contribution in [1.29, 1.82) is 0 Å². The molecule has 0 atom stereocenters. The third-order valence-corrected chi connectivity index (χ3v) is 3.15. The summed E-state index contributed by atoms with van der Waals surface area (Å²) in [5.41, 5.74) is -0.0879. The van der Waals surface area contributed by atoms with E-state index in [-0.39, 0.29) is 21.8 Å². The van der Waals surface area contributed by atoms with E-state index < -0.39 is 12.0 Å². The van der Waals surface area contributed by atoms with Gasteiger partial charge in [-0.3, -0.25) is 4.79 Å². The monoisotopic (exact) mass is 292 g/mol. The number of benzene rings is 2. The maximum absolute atomic E-state index is 12.9. The summed E-state index contributed by atoms with van der Waals surface area (Å²) in [6.45, 7) is 0. The van der Waals surface area contributed by atoms with Crippen molar-refractivity contribution in [2.75, 3.05) is 0 Å². The van der Waals surface area contributed by atoms with Crippen molar-refractivity contribution in [1.82, 2.24) is 9.97 Å². The molecule has 3 rings (SSSR count). The largest absolute Gasteiger partial charge is 0.515 e. The SMILES string of the molecule is O=Cc1ccc2cc/c(=C/O)c3nc(C(F)(F)F)nc1c23. The number of aliphatic hydroxyl groups excluding tert-OH is 1. The van der Waals surface area contributed by atoms with E-state index in [9.17, 15) is 18.0 Å². The van der Waals surface area contributed by atoms with Crippen molar-refractivity contribution in [2.45, 2.75) is 6.18 Å². The molecule has 0 unspecified atom stereocenters. The predicted molar refractivity (Wildman–Crippen MR) is 69.7 cm³/mol. The van der Waals surface area contributed by atoms with Crippen molar-refractivity contribution in [3.63, 3.8) is 0 Å². The zero-order chi connectivity index (χ0) is 15.2. The molecule has 0 amide bonds. The van der Waals surface area contributed by atoms with Crippen molar-refractivity contribution >= 4 is 34.4 Å². The minimum Gasteiger partial charge on any atom is -0.515 e. The van der Waals surface area contributed by atoms with Gasteiger partial charge in [-0.2, -0.15) is 13.2 Å². The van der Waals surface area contributed by atoms with Crippen LogP contribution in [0.25, 0.3) is 28.1 Å². The average Bonchev–Trinajstić information content (AvgIpc) is 2.46. The Labute approximate surface area is 115 Å². The highest BCUT2D eigenvalue weighted by molar-refractivity contribution is 6.12. The van der Waals surface area contributed by atoms with Crippen LogP contribution in [-0.2, 0) is 6.18 Å². The van der Waals surface area contributed by atoms with E-state index in [4.69, 9.17) is 5.11 Å². The standard InChI is InChI=1S/C14H7F3N2O2/c15-14(16,17)13-18-11-8(5-20)3-1-7-2-4-9(6-21)12(19-13)10(7)11/h1-6,20H/b8-5-. The first kappa shape index (κ1) is 13.3. The Hall–Kier alpha value is -2.70. The van der Waals surface area contributed by atoms with Gasteiger partial charge in [0.25, 0.3) is 0 Å². The van der Waals surface area contributed by atoms with Crippen molar-refractivity contribution in [3.8, 4) is 0 Å². The summed E-state index contributed by atoms with van der Waals surface area (Å²) < 4.78 is 38.7. The molecule has 0 fully saturated rings. The lowest BCUT2D eigenvalue weighted by molar-refractivity contribution is -0.144. The topological polar surface area (TPSA) is 63.1 Å². The molecule has 0 bridgehead atoms. The summed E-state index contributed by atoms with van der Waals surface area (Å²) in [5.74, 6) is -1.35. The number of nitrogens with zero attached hydrogens (tertiary/aromatic N) is 2. The van der Waals surface area contributed by atoms with Crippen LogP contribution in [0.5, 0.6) is 0 Å². The van der Waals surface area contributed by atoms with Crippen LogP contribution in [0.2, 0.25) is 0 Å². The van der Waals surface area contributed by atoms with Crippen LogP contribution in [0.4, 0.5) is 13.2 Å². The maximum Gasteiger partial charge on any atom is 0.451 e. The quantitative estimate of drug-likeness (QED) is 0.700. The van der Waals surface area contributed by atoms with E-state index in [2.05, 4.69) is 9.97 Å². The van der Waals surface area contributed by atoms with Crippen molar-refractivity contribution < 1.29 is 23.1 Å². The van der Waals surface area contributed by atoms with Gasteiger partial charge in [-0.15, -0.1) is 0 Å². The van der Waals surface area contributed by atoms with Crippen LogP contribution >= 0.6 is 0 Å². The smallest absolute Gasteiger partial charge is 0.451 e. The normalized spacial score (nSPS) is 13.2. The first-order valence-corrected chi connectivity index (χ1v) is 5.85. The zero-order valence-corrected chi connectivity index (χ0v) is 10.3. The fourth-order valence-corrected chi connectivity index (χ4v) is 2.22. The Kier molecular flexibility index (Phi) is 2.79. The summed E-state index contributed by atoms with van der Waals surface area (Å²) in [7, 11) is 0. The lowest BCUT2D eigenvalue weighted by Gasteiger charge is -2.11. The molecule has 1 heterocycles. The van der Waals surface area contributed by atoms with Crippen molar-refractivity contribution in [2.24, 2.45) is 0 Å². The molecule has 0 saturated carbocycles. The van der Waals surface area contributed by atoms with E-state index >= 15 is 0 Å². The third kappa shape index (κ3) is 1.97. The summed E-state index contributed by atoms with van der Waals surface area (Å²) in [5, 5.41) is 10.2. The van der Waals surface area contributed by atoms with Crippen LogP contribution in [0.3, 0.4) is 0 Å². The Bertz CT molecular complexity index is 919. The fourth-order valence-electron chi connectivity index (χ4n) is 2.22. The van der Waals surface area contributed by atoms with Crippen molar-refractivity contribution in [3.05, 3.63) is 40.9 Å². The van der Waals surface area contributed by atoms with Crippen LogP contribution in [0.1, 0.15) is 16.2 Å². The molecule has 0 aliphatic heterocycles. The number of halogens is 3. The molecule has 0 spiro atoms. The maximum atomic E-state index is 12.9. The van der Waals surface area contributed by atoms with E-state index in [0.717, 1.165) is 0 Å². The molecule has 0 aliphatic rings. The fraction of sp³-hybridized carbons (Fsp3) is 0.0714. The van der Waals surface area contributed by atoms with E-state index in [1.807, 2.05) is 0 Å². The van der Waals surface area contributed by atoms with Crippen LogP contribution < -0.4 is 5.22 Å². The summed E-state index contributed by atoms with van der Waals surface area (Å²) >= 11 is 0. The lowest BCUT2D eigenvalue weighted by Crippen LogP contribution is -2.15. The number of aromatic nitrogens is 2. The van der Waals surface area contributed by atoms with Crippen LogP contribution in [-0.4, -0.2) is 21.4 Å². The molecule has 106 valence electrons. The van der Waals surface area contributed by atoms with Crippen LogP contribution in [0.15, 0.2) is 24.3 Å². The van der Waals surface area contributed by atoms with Gasteiger partial charge in [0.1, 0.15) is 0 Å². The van der Waals surface area contributed by atoms with Gasteiger partial charge in [0.2, 0.25) is 5.82 Å². The third-order valence-electron chi connectivity index (χ3n) is 3.15. The molecule has 0 aliphatic carbocycles. The molecular formula is C14H7F3N2O2. The summed E-state index contributed by atoms with van der Waals surface area (Å²) in [6.07, 6.45) is -3.63. The molecule has 2 aromatic carbocycles. The van der Waals surface area contributed by atoms with Crippen LogP contribution in [0, 0.1) is 0 Å². The van der Waals surface area contributed by atoms with Gasteiger partial charge < -0.3 is 5.11 Å². The Morgan fingerprint density at radius 2 is 1.71 bits per heavy atom. The van der Waals surface area contributed by atoms with Gasteiger partial charge in [-0.25, -0.2) is 9.97 Å². The molecule has 1 aromatic heterocycles. The molecule has 7 heteroatoms. The number of hydrogen-bond donors (Lipinski definition) is 1. The van der Waals surface area contributed by atoms with Gasteiger partial charge in [-0.1, -0.05) is 12.1 Å². The van der Waals surface area contributed by atoms with Gasteiger partial charge in [-0.05, 0) is 17.5 Å². The Morgan fingerprint density at radius 1 is 1.05 bits per heavy atom. The highest BCUT2D eigenvalue weighted by Gasteiger charge is 2.35. The number of alkyl halides is 3. The molecule has 3 aromatic rings. The molecule has 21 heavy (non-hydrogen) atoms. The molecular weight excluding hydrogens is 285 g/mol. The molecule has 0 radical (unpaired) electrons. The minimum absolute atomic E-state index is 0.0375. The molecule has 0 saturated heterocycles. The number of carbonyl (C=O) groups is 1. The lowest BCUT2D eigenvalue weighted by atomic mass is 10.0. The minimum atomic E-state index is -4.75. The second-order valence-electron chi connectivity index (χ2n) is 4.40.